The van der Waals surface area contributed by atoms with E-state index in [0.717, 1.165) is 5.75 Å². The van der Waals surface area contributed by atoms with Gasteiger partial charge in [-0.2, -0.15) is 0 Å². The van der Waals surface area contributed by atoms with Gasteiger partial charge in [0.2, 0.25) is 0 Å². The van der Waals surface area contributed by atoms with Crippen molar-refractivity contribution in [2.75, 3.05) is 12.3 Å². The third-order valence-electron chi connectivity index (χ3n) is 1.82. The normalized spacial score (nSPS) is 22.8. The van der Waals surface area contributed by atoms with Gasteiger partial charge in [-0.1, -0.05) is 30.9 Å². The summed E-state index contributed by atoms with van der Waals surface area (Å²) in [7, 11) is 0. The fourth-order valence-electron chi connectivity index (χ4n) is 1.20. The SMILES string of the molecule is CC1CSC(=S)N(C(=O)OC(C)(C)C)C1. The van der Waals surface area contributed by atoms with Crippen LogP contribution in [0.15, 0.2) is 0 Å². The molecule has 0 aromatic carbocycles. The van der Waals surface area contributed by atoms with Gasteiger partial charge in [0.15, 0.2) is 0 Å². The number of amides is 1. The van der Waals surface area contributed by atoms with Crippen molar-refractivity contribution in [1.29, 1.82) is 0 Å². The van der Waals surface area contributed by atoms with Crippen molar-refractivity contribution < 1.29 is 9.53 Å². The summed E-state index contributed by atoms with van der Waals surface area (Å²) >= 11 is 6.68. The van der Waals surface area contributed by atoms with E-state index in [1.54, 1.807) is 16.7 Å². The van der Waals surface area contributed by atoms with Crippen LogP contribution in [-0.2, 0) is 4.74 Å². The molecule has 0 saturated carbocycles. The molecule has 1 amide bonds. The lowest BCUT2D eigenvalue weighted by molar-refractivity contribution is 0.0361. The Morgan fingerprint density at radius 3 is 2.73 bits per heavy atom. The first-order chi connectivity index (χ1) is 6.79. The van der Waals surface area contributed by atoms with Crippen LogP contribution in [0.1, 0.15) is 27.7 Å². The van der Waals surface area contributed by atoms with Gasteiger partial charge < -0.3 is 4.74 Å². The number of thiocarbonyl (C=S) groups is 1. The van der Waals surface area contributed by atoms with Crippen LogP contribution >= 0.6 is 24.0 Å². The van der Waals surface area contributed by atoms with Crippen molar-refractivity contribution in [1.82, 2.24) is 4.90 Å². The van der Waals surface area contributed by atoms with Gasteiger partial charge in [-0.25, -0.2) is 4.79 Å². The first kappa shape index (κ1) is 12.8. The van der Waals surface area contributed by atoms with Crippen LogP contribution in [0.25, 0.3) is 0 Å². The molecule has 86 valence electrons. The molecule has 1 fully saturated rings. The first-order valence-electron chi connectivity index (χ1n) is 4.97. The van der Waals surface area contributed by atoms with Crippen molar-refractivity contribution >= 4 is 34.4 Å². The topological polar surface area (TPSA) is 29.5 Å². The van der Waals surface area contributed by atoms with Crippen LogP contribution < -0.4 is 0 Å². The molecule has 3 nitrogen and oxygen atoms in total. The lowest BCUT2D eigenvalue weighted by Crippen LogP contribution is -2.44. The molecule has 0 aliphatic carbocycles. The first-order valence-corrected chi connectivity index (χ1v) is 6.36. The summed E-state index contributed by atoms with van der Waals surface area (Å²) in [6.45, 7) is 8.34. The Balaban J connectivity index is 2.61. The zero-order valence-corrected chi connectivity index (χ0v) is 11.2. The van der Waals surface area contributed by atoms with Gasteiger partial charge in [0.25, 0.3) is 0 Å². The average Bonchev–Trinajstić information content (AvgIpc) is 2.06. The summed E-state index contributed by atoms with van der Waals surface area (Å²) in [5, 5.41) is 0. The molecule has 1 atom stereocenters. The highest BCUT2D eigenvalue weighted by Crippen LogP contribution is 2.23. The summed E-state index contributed by atoms with van der Waals surface area (Å²) in [5.74, 6) is 1.45. The Morgan fingerprint density at radius 1 is 1.60 bits per heavy atom. The van der Waals surface area contributed by atoms with Crippen molar-refractivity contribution in [2.24, 2.45) is 5.92 Å². The van der Waals surface area contributed by atoms with Crippen LogP contribution in [0.2, 0.25) is 0 Å². The van der Waals surface area contributed by atoms with Gasteiger partial charge in [-0.3, -0.25) is 4.90 Å². The van der Waals surface area contributed by atoms with Gasteiger partial charge in [-0.05, 0) is 26.7 Å². The van der Waals surface area contributed by atoms with Crippen molar-refractivity contribution in [3.8, 4) is 0 Å². The van der Waals surface area contributed by atoms with Crippen LogP contribution in [0.5, 0.6) is 0 Å². The molecule has 0 bridgehead atoms. The molecular weight excluding hydrogens is 230 g/mol. The summed E-state index contributed by atoms with van der Waals surface area (Å²) in [6, 6.07) is 0. The van der Waals surface area contributed by atoms with Crippen molar-refractivity contribution in [2.45, 2.75) is 33.3 Å². The minimum atomic E-state index is -0.460. The lowest BCUT2D eigenvalue weighted by Gasteiger charge is -2.32. The second kappa shape index (κ2) is 4.70. The third kappa shape index (κ3) is 3.99. The highest BCUT2D eigenvalue weighted by Gasteiger charge is 2.29. The van der Waals surface area contributed by atoms with Crippen LogP contribution in [0.3, 0.4) is 0 Å². The summed E-state index contributed by atoms with van der Waals surface area (Å²) in [4.78, 5) is 13.3. The van der Waals surface area contributed by atoms with Gasteiger partial charge in [0.1, 0.15) is 9.92 Å². The number of rotatable bonds is 0. The molecule has 0 radical (unpaired) electrons. The fraction of sp³-hybridized carbons (Fsp3) is 0.800. The molecule has 1 aliphatic heterocycles. The van der Waals surface area contributed by atoms with E-state index in [1.165, 1.54) is 0 Å². The van der Waals surface area contributed by atoms with Gasteiger partial charge in [0, 0.05) is 12.3 Å². The van der Waals surface area contributed by atoms with Crippen LogP contribution in [-0.4, -0.2) is 33.2 Å². The quantitative estimate of drug-likeness (QED) is 0.616. The molecular formula is C10H17NO2S2. The molecule has 1 unspecified atom stereocenters. The Kier molecular flexibility index (Phi) is 4.00. The summed E-state index contributed by atoms with van der Waals surface area (Å²) < 4.78 is 5.91. The van der Waals surface area contributed by atoms with Gasteiger partial charge in [0.05, 0.1) is 0 Å². The molecule has 15 heavy (non-hydrogen) atoms. The number of hydrogen-bond acceptors (Lipinski definition) is 4. The third-order valence-corrected chi connectivity index (χ3v) is 3.60. The van der Waals surface area contributed by atoms with E-state index in [1.807, 2.05) is 20.8 Å². The van der Waals surface area contributed by atoms with Crippen molar-refractivity contribution in [3.63, 3.8) is 0 Å². The van der Waals surface area contributed by atoms with E-state index >= 15 is 0 Å². The number of thioether (sulfide) groups is 1. The number of ether oxygens (including phenoxy) is 1. The number of carbonyl (C=O) groups excluding carboxylic acids is 1. The van der Waals surface area contributed by atoms with E-state index in [4.69, 9.17) is 17.0 Å². The van der Waals surface area contributed by atoms with E-state index in [2.05, 4.69) is 6.92 Å². The monoisotopic (exact) mass is 247 g/mol. The van der Waals surface area contributed by atoms with E-state index in [9.17, 15) is 4.79 Å². The largest absolute Gasteiger partial charge is 0.443 e. The molecule has 0 aromatic rings. The zero-order valence-electron chi connectivity index (χ0n) is 9.57. The Labute approximate surface area is 101 Å². The lowest BCUT2D eigenvalue weighted by atomic mass is 10.2. The van der Waals surface area contributed by atoms with Crippen LogP contribution in [0.4, 0.5) is 4.79 Å². The molecule has 5 heteroatoms. The Bertz CT molecular complexity index is 273. The molecule has 0 aromatic heterocycles. The Hall–Kier alpha value is -0.290. The fourth-order valence-corrected chi connectivity index (χ4v) is 2.39. The summed E-state index contributed by atoms with van der Waals surface area (Å²) in [6.07, 6.45) is -0.327. The minimum absolute atomic E-state index is 0.327. The number of carbonyl (C=O) groups is 1. The highest BCUT2D eigenvalue weighted by atomic mass is 32.2. The van der Waals surface area contributed by atoms with Gasteiger partial charge >= 0.3 is 6.09 Å². The maximum Gasteiger partial charge on any atom is 0.415 e. The maximum atomic E-state index is 11.8. The molecule has 0 N–H and O–H groups in total. The predicted octanol–water partition coefficient (Wildman–Crippen LogP) is 2.89. The number of hydrogen-bond donors (Lipinski definition) is 0. The minimum Gasteiger partial charge on any atom is -0.443 e. The molecule has 1 heterocycles. The number of nitrogens with zero attached hydrogens (tertiary/aromatic N) is 1. The van der Waals surface area contributed by atoms with Crippen LogP contribution in [0, 0.1) is 5.92 Å². The molecule has 1 saturated heterocycles. The zero-order chi connectivity index (χ0) is 11.6. The van der Waals surface area contributed by atoms with Gasteiger partial charge in [-0.15, -0.1) is 0 Å². The smallest absolute Gasteiger partial charge is 0.415 e. The average molecular weight is 247 g/mol. The second-order valence-corrected chi connectivity index (χ2v) is 6.43. The van der Waals surface area contributed by atoms with E-state index in [-0.39, 0.29) is 6.09 Å². The molecule has 1 rings (SSSR count). The second-order valence-electron chi connectivity index (χ2n) is 4.77. The standard InChI is InChI=1S/C10H17NO2S2/c1-7-5-11(9(14)15-6-7)8(12)13-10(2,3)4/h7H,5-6H2,1-4H3. The van der Waals surface area contributed by atoms with E-state index < -0.39 is 5.60 Å². The predicted molar refractivity (Wildman–Crippen MR) is 67.2 cm³/mol. The maximum absolute atomic E-state index is 11.8. The summed E-state index contributed by atoms with van der Waals surface area (Å²) in [5.41, 5.74) is -0.460. The Morgan fingerprint density at radius 2 is 2.20 bits per heavy atom. The molecule has 1 aliphatic rings. The molecule has 0 spiro atoms. The van der Waals surface area contributed by atoms with Crippen molar-refractivity contribution in [3.05, 3.63) is 0 Å². The highest BCUT2D eigenvalue weighted by molar-refractivity contribution is 8.23. The van der Waals surface area contributed by atoms with E-state index in [0.29, 0.717) is 16.8 Å².